The van der Waals surface area contributed by atoms with E-state index in [-0.39, 0.29) is 23.9 Å². The molecule has 3 rings (SSSR count). The van der Waals surface area contributed by atoms with Gasteiger partial charge in [-0.05, 0) is 23.4 Å². The zero-order chi connectivity index (χ0) is 19.4. The first-order valence-corrected chi connectivity index (χ1v) is 9.40. The second-order valence-corrected chi connectivity index (χ2v) is 7.11. The van der Waals surface area contributed by atoms with E-state index < -0.39 is 6.09 Å². The molecule has 0 aliphatic carbocycles. The third-order valence-corrected chi connectivity index (χ3v) is 4.93. The maximum absolute atomic E-state index is 12.9. The van der Waals surface area contributed by atoms with Gasteiger partial charge < -0.3 is 4.74 Å². The van der Waals surface area contributed by atoms with E-state index >= 15 is 0 Å². The van der Waals surface area contributed by atoms with Gasteiger partial charge >= 0.3 is 6.09 Å². The van der Waals surface area contributed by atoms with Crippen LogP contribution in [0.3, 0.4) is 0 Å². The Kier molecular flexibility index (Phi) is 5.76. The molecule has 0 atom stereocenters. The summed E-state index contributed by atoms with van der Waals surface area (Å²) in [6, 6.07) is 16.4. The van der Waals surface area contributed by atoms with Crippen molar-refractivity contribution in [1.82, 2.24) is 4.57 Å². The van der Waals surface area contributed by atoms with Crippen LogP contribution < -0.4 is 0 Å². The third-order valence-electron chi connectivity index (χ3n) is 4.06. The number of ether oxygens (including phenoxy) is 1. The fraction of sp³-hybridized carbons (Fsp3) is 0.190. The van der Waals surface area contributed by atoms with Gasteiger partial charge in [0.25, 0.3) is 0 Å². The van der Waals surface area contributed by atoms with Gasteiger partial charge in [0.05, 0.1) is 11.1 Å². The number of hydrogen-bond donors (Lipinski definition) is 0. The van der Waals surface area contributed by atoms with Crippen molar-refractivity contribution >= 4 is 39.7 Å². The quantitative estimate of drug-likeness (QED) is 0.457. The summed E-state index contributed by atoms with van der Waals surface area (Å²) in [5, 5.41) is 0.749. The molecule has 0 aliphatic rings. The summed E-state index contributed by atoms with van der Waals surface area (Å²) in [7, 11) is 0. The van der Waals surface area contributed by atoms with Gasteiger partial charge in [0.1, 0.15) is 11.6 Å². The topological polar surface area (TPSA) is 65.4 Å². The van der Waals surface area contributed by atoms with E-state index in [4.69, 9.17) is 4.74 Å². The standard InChI is InChI=1S/C21H19NO4S/c1-3-18(24)19-16-11-7-8-12-17(16)22(20(19)27-14(2)23)21(25)26-13-15-9-5-4-6-10-15/h4-12H,3,13H2,1-2H3. The smallest absolute Gasteiger partial charge is 0.419 e. The molecule has 1 heterocycles. The Bertz CT molecular complexity index is 1010. The number of hydrogen-bond acceptors (Lipinski definition) is 5. The highest BCUT2D eigenvalue weighted by Gasteiger charge is 2.26. The molecule has 2 aromatic carbocycles. The molecule has 0 fully saturated rings. The Morgan fingerprint density at radius 2 is 1.67 bits per heavy atom. The summed E-state index contributed by atoms with van der Waals surface area (Å²) >= 11 is 0.874. The lowest BCUT2D eigenvalue weighted by atomic mass is 10.1. The minimum atomic E-state index is -0.617. The molecule has 0 bridgehead atoms. The highest BCUT2D eigenvalue weighted by molar-refractivity contribution is 8.13. The van der Waals surface area contributed by atoms with Crippen LogP contribution in [0.15, 0.2) is 59.6 Å². The minimum absolute atomic E-state index is 0.105. The van der Waals surface area contributed by atoms with Crippen LogP contribution in [-0.2, 0) is 16.1 Å². The molecular formula is C21H19NO4S. The molecule has 0 saturated heterocycles. The predicted molar refractivity (Wildman–Crippen MR) is 105 cm³/mol. The molecule has 3 aromatic rings. The SMILES string of the molecule is CCC(=O)c1c(SC(C)=O)n(C(=O)OCc2ccccc2)c2ccccc12. The molecule has 0 amide bonds. The number of ketones is 1. The second kappa shape index (κ2) is 8.22. The summed E-state index contributed by atoms with van der Waals surface area (Å²) in [6.45, 7) is 3.26. The van der Waals surface area contributed by atoms with E-state index in [1.165, 1.54) is 11.5 Å². The molecule has 0 unspecified atom stereocenters. The molecule has 6 heteroatoms. The number of aromatic nitrogens is 1. The summed E-state index contributed by atoms with van der Waals surface area (Å²) < 4.78 is 6.79. The maximum Gasteiger partial charge on any atom is 0.419 e. The van der Waals surface area contributed by atoms with Crippen LogP contribution in [-0.4, -0.2) is 21.6 Å². The van der Waals surface area contributed by atoms with E-state index in [9.17, 15) is 14.4 Å². The molecule has 0 spiro atoms. The summed E-state index contributed by atoms with van der Waals surface area (Å²) in [5.41, 5.74) is 1.80. The number of rotatable bonds is 5. The van der Waals surface area contributed by atoms with E-state index in [0.717, 1.165) is 17.3 Å². The zero-order valence-electron chi connectivity index (χ0n) is 15.1. The van der Waals surface area contributed by atoms with E-state index in [1.807, 2.05) is 30.3 Å². The predicted octanol–water partition coefficient (Wildman–Crippen LogP) is 5.06. The second-order valence-electron chi connectivity index (χ2n) is 5.94. The van der Waals surface area contributed by atoms with Crippen LogP contribution in [0.1, 0.15) is 36.2 Å². The lowest BCUT2D eigenvalue weighted by Gasteiger charge is -2.10. The van der Waals surface area contributed by atoms with Gasteiger partial charge in [-0.3, -0.25) is 9.59 Å². The van der Waals surface area contributed by atoms with Gasteiger partial charge in [-0.25, -0.2) is 9.36 Å². The summed E-state index contributed by atoms with van der Waals surface area (Å²) in [5.74, 6) is -0.121. The van der Waals surface area contributed by atoms with Crippen LogP contribution in [0.4, 0.5) is 4.79 Å². The molecule has 0 radical (unpaired) electrons. The molecular weight excluding hydrogens is 362 g/mol. The fourth-order valence-electron chi connectivity index (χ4n) is 2.86. The van der Waals surface area contributed by atoms with Crippen molar-refractivity contribution in [3.63, 3.8) is 0 Å². The van der Waals surface area contributed by atoms with Crippen LogP contribution >= 0.6 is 11.8 Å². The molecule has 0 saturated carbocycles. The van der Waals surface area contributed by atoms with Gasteiger partial charge in [-0.2, -0.15) is 0 Å². The zero-order valence-corrected chi connectivity index (χ0v) is 15.9. The van der Waals surface area contributed by atoms with Crippen molar-refractivity contribution in [2.75, 3.05) is 0 Å². The van der Waals surface area contributed by atoms with Crippen LogP contribution in [0.25, 0.3) is 10.9 Å². The Balaban J connectivity index is 2.08. The normalized spacial score (nSPS) is 10.7. The van der Waals surface area contributed by atoms with Gasteiger partial charge in [0, 0.05) is 18.7 Å². The number of benzene rings is 2. The Morgan fingerprint density at radius 1 is 1.00 bits per heavy atom. The van der Waals surface area contributed by atoms with Crippen molar-refractivity contribution in [3.05, 3.63) is 65.7 Å². The third kappa shape index (κ3) is 3.95. The Labute approximate surface area is 161 Å². The number of carbonyl (C=O) groups is 3. The Morgan fingerprint density at radius 3 is 2.33 bits per heavy atom. The molecule has 5 nitrogen and oxygen atoms in total. The fourth-order valence-corrected chi connectivity index (χ4v) is 3.72. The molecule has 27 heavy (non-hydrogen) atoms. The van der Waals surface area contributed by atoms with Gasteiger partial charge in [-0.1, -0.05) is 55.5 Å². The van der Waals surface area contributed by atoms with Crippen LogP contribution in [0.2, 0.25) is 0 Å². The monoisotopic (exact) mass is 381 g/mol. The van der Waals surface area contributed by atoms with Crippen molar-refractivity contribution in [3.8, 4) is 0 Å². The summed E-state index contributed by atoms with van der Waals surface area (Å²) in [4.78, 5) is 37.2. The largest absolute Gasteiger partial charge is 0.444 e. The minimum Gasteiger partial charge on any atom is -0.444 e. The molecule has 0 N–H and O–H groups in total. The molecule has 1 aromatic heterocycles. The number of carbonyl (C=O) groups excluding carboxylic acids is 3. The number of thioether (sulfide) groups is 1. The Hall–Kier alpha value is -2.86. The van der Waals surface area contributed by atoms with Crippen molar-refractivity contribution < 1.29 is 19.1 Å². The summed E-state index contributed by atoms with van der Waals surface area (Å²) in [6.07, 6.45) is -0.340. The number of para-hydroxylation sites is 1. The van der Waals surface area contributed by atoms with Crippen molar-refractivity contribution in [2.45, 2.75) is 31.9 Å². The first-order valence-electron chi connectivity index (χ1n) is 8.59. The first-order chi connectivity index (χ1) is 13.0. The van der Waals surface area contributed by atoms with E-state index in [2.05, 4.69) is 0 Å². The highest BCUT2D eigenvalue weighted by Crippen LogP contribution is 2.35. The van der Waals surface area contributed by atoms with Gasteiger partial charge in [0.15, 0.2) is 10.9 Å². The lowest BCUT2D eigenvalue weighted by Crippen LogP contribution is -2.15. The lowest BCUT2D eigenvalue weighted by molar-refractivity contribution is -0.109. The number of nitrogens with zero attached hydrogens (tertiary/aromatic N) is 1. The van der Waals surface area contributed by atoms with Gasteiger partial charge in [-0.15, -0.1) is 0 Å². The average Bonchev–Trinajstić information content (AvgIpc) is 2.99. The van der Waals surface area contributed by atoms with Crippen LogP contribution in [0.5, 0.6) is 0 Å². The van der Waals surface area contributed by atoms with E-state index in [1.54, 1.807) is 31.2 Å². The maximum atomic E-state index is 12.9. The first kappa shape index (κ1) is 18.9. The highest BCUT2D eigenvalue weighted by atomic mass is 32.2. The molecule has 0 aliphatic heterocycles. The number of fused-ring (bicyclic) bond motifs is 1. The van der Waals surface area contributed by atoms with Crippen LogP contribution in [0, 0.1) is 0 Å². The molecule has 138 valence electrons. The van der Waals surface area contributed by atoms with Gasteiger partial charge in [0.2, 0.25) is 0 Å². The van der Waals surface area contributed by atoms with Crippen molar-refractivity contribution in [1.29, 1.82) is 0 Å². The van der Waals surface area contributed by atoms with E-state index in [0.29, 0.717) is 21.5 Å². The average molecular weight is 381 g/mol. The van der Waals surface area contributed by atoms with Crippen molar-refractivity contribution in [2.24, 2.45) is 0 Å². The number of Topliss-reactive ketones (excluding diaryl/α,β-unsaturated/α-hetero) is 1.